The fraction of sp³-hybridized carbons (Fsp3) is 0.600. The largest absolute Gasteiger partial charge is 0.464 e. The molecule has 1 heterocycles. The van der Waals surface area contributed by atoms with Crippen LogP contribution in [0.2, 0.25) is 0 Å². The second-order valence-electron chi connectivity index (χ2n) is 3.35. The van der Waals surface area contributed by atoms with Crippen molar-refractivity contribution in [2.45, 2.75) is 12.8 Å². The first kappa shape index (κ1) is 15.1. The van der Waals surface area contributed by atoms with Crippen LogP contribution in [0.25, 0.3) is 0 Å². The highest BCUT2D eigenvalue weighted by Crippen LogP contribution is 2.10. The predicted molar refractivity (Wildman–Crippen MR) is 60.5 cm³/mol. The molecule has 0 amide bonds. The Morgan fingerprint density at radius 3 is 2.16 bits per heavy atom. The van der Waals surface area contributed by atoms with Crippen LogP contribution < -0.4 is 0 Å². The number of nitrogens with zero attached hydrogens (tertiary/aromatic N) is 3. The van der Waals surface area contributed by atoms with E-state index in [2.05, 4.69) is 19.8 Å². The quantitative estimate of drug-likeness (QED) is 0.503. The average molecular weight is 273 g/mol. The van der Waals surface area contributed by atoms with Crippen molar-refractivity contribution >= 4 is 11.9 Å². The zero-order valence-corrected chi connectivity index (χ0v) is 11.1. The molecule has 0 aliphatic rings. The molecular formula is C10H15N3O6. The van der Waals surface area contributed by atoms with Crippen LogP contribution in [0, 0.1) is 0 Å². The number of rotatable bonds is 6. The van der Waals surface area contributed by atoms with Gasteiger partial charge < -0.3 is 18.9 Å². The Morgan fingerprint density at radius 2 is 1.68 bits per heavy atom. The van der Waals surface area contributed by atoms with E-state index in [1.807, 2.05) is 0 Å². The summed E-state index contributed by atoms with van der Waals surface area (Å²) in [7, 11) is 5.23. The van der Waals surface area contributed by atoms with Gasteiger partial charge in [0.25, 0.3) is 0 Å². The van der Waals surface area contributed by atoms with Crippen molar-refractivity contribution in [1.29, 1.82) is 0 Å². The predicted octanol–water partition coefficient (Wildman–Crippen LogP) is -0.530. The van der Waals surface area contributed by atoms with Gasteiger partial charge in [-0.3, -0.25) is 0 Å². The van der Waals surface area contributed by atoms with Gasteiger partial charge in [0.05, 0.1) is 20.8 Å². The molecule has 0 aliphatic carbocycles. The van der Waals surface area contributed by atoms with Gasteiger partial charge in [0.2, 0.25) is 5.69 Å². The molecule has 9 heteroatoms. The lowest BCUT2D eigenvalue weighted by atomic mass is 10.3. The molecule has 1 aromatic heterocycles. The summed E-state index contributed by atoms with van der Waals surface area (Å²) < 4.78 is 20.2. The Bertz CT molecular complexity index is 454. The van der Waals surface area contributed by atoms with Gasteiger partial charge in [0, 0.05) is 14.2 Å². The number of esters is 2. The third kappa shape index (κ3) is 3.26. The summed E-state index contributed by atoms with van der Waals surface area (Å²) in [5.41, 5.74) is -0.339. The minimum Gasteiger partial charge on any atom is -0.464 e. The second-order valence-corrected chi connectivity index (χ2v) is 3.35. The van der Waals surface area contributed by atoms with Gasteiger partial charge >= 0.3 is 11.9 Å². The molecule has 19 heavy (non-hydrogen) atoms. The van der Waals surface area contributed by atoms with Crippen LogP contribution in [0.1, 0.15) is 21.0 Å². The van der Waals surface area contributed by atoms with E-state index in [-0.39, 0.29) is 17.9 Å². The lowest BCUT2D eigenvalue weighted by Gasteiger charge is -2.13. The van der Waals surface area contributed by atoms with Crippen molar-refractivity contribution in [3.8, 4) is 0 Å². The van der Waals surface area contributed by atoms with E-state index in [0.717, 1.165) is 4.68 Å². The third-order valence-corrected chi connectivity index (χ3v) is 2.34. The second kappa shape index (κ2) is 6.81. The van der Waals surface area contributed by atoms with Crippen LogP contribution in [0.4, 0.5) is 0 Å². The number of carbonyl (C=O) groups excluding carboxylic acids is 2. The first-order valence-electron chi connectivity index (χ1n) is 5.24. The van der Waals surface area contributed by atoms with Crippen LogP contribution in [0.15, 0.2) is 0 Å². The molecule has 0 saturated heterocycles. The Labute approximate surface area is 109 Å². The minimum atomic E-state index is -0.780. The molecule has 1 aromatic rings. The molecule has 106 valence electrons. The maximum atomic E-state index is 11.7. The van der Waals surface area contributed by atoms with E-state index >= 15 is 0 Å². The van der Waals surface area contributed by atoms with Gasteiger partial charge in [-0.1, -0.05) is 5.21 Å². The van der Waals surface area contributed by atoms with E-state index in [9.17, 15) is 9.59 Å². The summed E-state index contributed by atoms with van der Waals surface area (Å²) in [6, 6.07) is 0. The molecule has 0 aromatic carbocycles. The number of hydrogen-bond donors (Lipinski definition) is 0. The molecule has 0 aliphatic heterocycles. The van der Waals surface area contributed by atoms with Crippen molar-refractivity contribution in [3.63, 3.8) is 0 Å². The molecule has 0 saturated carbocycles. The first-order valence-corrected chi connectivity index (χ1v) is 5.24. The monoisotopic (exact) mass is 273 g/mol. The highest BCUT2D eigenvalue weighted by molar-refractivity contribution is 6.00. The normalized spacial score (nSPS) is 10.6. The fourth-order valence-corrected chi connectivity index (χ4v) is 1.36. The Hall–Kier alpha value is -2.00. The number of aromatic nitrogens is 3. The van der Waals surface area contributed by atoms with E-state index < -0.39 is 18.2 Å². The Kier molecular flexibility index (Phi) is 5.39. The summed E-state index contributed by atoms with van der Waals surface area (Å²) in [6.45, 7) is 0.0709. The maximum Gasteiger partial charge on any atom is 0.361 e. The SMILES string of the molecule is COC(=O)c1nnn(CC(OC)OC)c1C(=O)OC. The van der Waals surface area contributed by atoms with Crippen molar-refractivity contribution in [2.75, 3.05) is 28.4 Å². The highest BCUT2D eigenvalue weighted by Gasteiger charge is 2.27. The Morgan fingerprint density at radius 1 is 1.11 bits per heavy atom. The van der Waals surface area contributed by atoms with Gasteiger partial charge in [-0.2, -0.15) is 0 Å². The number of hydrogen-bond acceptors (Lipinski definition) is 8. The summed E-state index contributed by atoms with van der Waals surface area (Å²) in [6.07, 6.45) is -0.643. The molecular weight excluding hydrogens is 258 g/mol. The molecule has 0 bridgehead atoms. The van der Waals surface area contributed by atoms with Gasteiger partial charge in [0.15, 0.2) is 12.0 Å². The molecule has 0 atom stereocenters. The minimum absolute atomic E-state index is 0.0709. The van der Waals surface area contributed by atoms with E-state index in [4.69, 9.17) is 9.47 Å². The van der Waals surface area contributed by atoms with Crippen molar-refractivity contribution in [1.82, 2.24) is 15.0 Å². The topological polar surface area (TPSA) is 102 Å². The molecule has 0 radical (unpaired) electrons. The van der Waals surface area contributed by atoms with Crippen LogP contribution >= 0.6 is 0 Å². The van der Waals surface area contributed by atoms with Crippen LogP contribution in [0.5, 0.6) is 0 Å². The van der Waals surface area contributed by atoms with Crippen LogP contribution in [-0.2, 0) is 25.5 Å². The molecule has 9 nitrogen and oxygen atoms in total. The summed E-state index contributed by atoms with van der Waals surface area (Å²) >= 11 is 0. The summed E-state index contributed by atoms with van der Waals surface area (Å²) in [5, 5.41) is 7.30. The third-order valence-electron chi connectivity index (χ3n) is 2.34. The van der Waals surface area contributed by atoms with Gasteiger partial charge in [0.1, 0.15) is 0 Å². The smallest absolute Gasteiger partial charge is 0.361 e. The maximum absolute atomic E-state index is 11.7. The standard InChI is InChI=1S/C10H15N3O6/c1-16-6(17-2)5-13-8(10(15)19-4)7(11-12-13)9(14)18-3/h6H,5H2,1-4H3. The van der Waals surface area contributed by atoms with E-state index in [1.165, 1.54) is 28.4 Å². The van der Waals surface area contributed by atoms with Crippen LogP contribution in [-0.4, -0.2) is 61.7 Å². The zero-order chi connectivity index (χ0) is 14.4. The van der Waals surface area contributed by atoms with E-state index in [0.29, 0.717) is 0 Å². The molecule has 1 rings (SSSR count). The molecule has 0 unspecified atom stereocenters. The van der Waals surface area contributed by atoms with Gasteiger partial charge in [-0.15, -0.1) is 5.10 Å². The highest BCUT2D eigenvalue weighted by atomic mass is 16.7. The molecule has 0 spiro atoms. The number of carbonyl (C=O) groups is 2. The number of ether oxygens (including phenoxy) is 4. The van der Waals surface area contributed by atoms with Crippen molar-refractivity contribution < 1.29 is 28.5 Å². The Balaban J connectivity index is 3.14. The van der Waals surface area contributed by atoms with Crippen molar-refractivity contribution in [2.24, 2.45) is 0 Å². The lowest BCUT2D eigenvalue weighted by molar-refractivity contribution is -0.113. The fourth-order valence-electron chi connectivity index (χ4n) is 1.36. The summed E-state index contributed by atoms with van der Waals surface area (Å²) in [5.74, 6) is -1.53. The van der Waals surface area contributed by atoms with Gasteiger partial charge in [-0.05, 0) is 0 Å². The lowest BCUT2D eigenvalue weighted by Crippen LogP contribution is -2.25. The molecule has 0 fully saturated rings. The average Bonchev–Trinajstić information content (AvgIpc) is 2.86. The molecule has 0 N–H and O–H groups in total. The number of methoxy groups -OCH3 is 4. The van der Waals surface area contributed by atoms with Crippen LogP contribution in [0.3, 0.4) is 0 Å². The zero-order valence-electron chi connectivity index (χ0n) is 11.1. The first-order chi connectivity index (χ1) is 9.08. The van der Waals surface area contributed by atoms with Gasteiger partial charge in [-0.25, -0.2) is 14.3 Å². The van der Waals surface area contributed by atoms with Crippen molar-refractivity contribution in [3.05, 3.63) is 11.4 Å². The summed E-state index contributed by atoms with van der Waals surface area (Å²) in [4.78, 5) is 23.2. The van der Waals surface area contributed by atoms with E-state index in [1.54, 1.807) is 0 Å².